The molecule has 0 unspecified atom stereocenters. The van der Waals surface area contributed by atoms with Gasteiger partial charge in [-0.25, -0.2) is 0 Å². The number of unbranched alkanes of at least 4 members (excludes halogenated alkanes) is 5. The van der Waals surface area contributed by atoms with Crippen LogP contribution in [0.15, 0.2) is 0 Å². The Morgan fingerprint density at radius 2 is 1.60 bits per heavy atom. The Labute approximate surface area is 81.1 Å². The van der Waals surface area contributed by atoms with Crippen LogP contribution in [0.4, 0.5) is 0 Å². The number of hydrogen-bond donors (Lipinski definition) is 0. The first-order chi connectivity index (χ1) is 4.91. The topological polar surface area (TPSA) is 0 Å². The summed E-state index contributed by atoms with van der Waals surface area (Å²) in [5.74, 6) is 1.39. The maximum absolute atomic E-state index is 2.27. The van der Waals surface area contributed by atoms with Crippen LogP contribution in [-0.4, -0.2) is 26.9 Å². The van der Waals surface area contributed by atoms with Gasteiger partial charge < -0.3 is 0 Å². The fourth-order valence-electron chi connectivity index (χ4n) is 0.955. The summed E-state index contributed by atoms with van der Waals surface area (Å²) in [6.45, 7) is 2.27. The molecule has 0 fully saturated rings. The van der Waals surface area contributed by atoms with Gasteiger partial charge in [0.15, 0.2) is 0 Å². The molecule has 0 rings (SSSR count). The minimum absolute atomic E-state index is 1.37. The van der Waals surface area contributed by atoms with Gasteiger partial charge in [0.2, 0.25) is 0 Å². The van der Waals surface area contributed by atoms with E-state index in [1.165, 1.54) is 44.3 Å². The van der Waals surface area contributed by atoms with Crippen molar-refractivity contribution in [2.75, 3.05) is 5.75 Å². The summed E-state index contributed by atoms with van der Waals surface area (Å²) in [6.07, 6.45) is 8.63. The van der Waals surface area contributed by atoms with Gasteiger partial charge in [-0.3, -0.25) is 0 Å². The molecule has 0 aromatic heterocycles. The molecule has 0 nitrogen and oxygen atoms in total. The Balaban J connectivity index is 2.65. The molecule has 0 N–H and O–H groups in total. The zero-order valence-corrected chi connectivity index (χ0v) is 10.5. The van der Waals surface area contributed by atoms with E-state index in [1.54, 1.807) is 21.1 Å². The van der Waals surface area contributed by atoms with E-state index in [2.05, 4.69) is 15.9 Å². The van der Waals surface area contributed by atoms with Crippen molar-refractivity contribution >= 4 is 30.1 Å². The molecule has 3 radical (unpaired) electrons. The molecular weight excluding hydrogens is 247 g/mol. The van der Waals surface area contributed by atoms with Crippen molar-refractivity contribution in [2.45, 2.75) is 45.4 Å². The van der Waals surface area contributed by atoms with Gasteiger partial charge >= 0.3 is 81.3 Å². The van der Waals surface area contributed by atoms with E-state index < -0.39 is 0 Å². The molecule has 0 saturated heterocycles. The van der Waals surface area contributed by atoms with Gasteiger partial charge in [0.05, 0.1) is 0 Å². The third-order valence-electron chi connectivity index (χ3n) is 1.60. The maximum atomic E-state index is 2.27. The second-order valence-electron chi connectivity index (χ2n) is 2.62. The summed E-state index contributed by atoms with van der Waals surface area (Å²) >= 11 is 1.63. The summed E-state index contributed by atoms with van der Waals surface area (Å²) in [6, 6.07) is 0. The molecule has 0 spiro atoms. The van der Waals surface area contributed by atoms with Crippen LogP contribution in [0, 0.1) is 0 Å². The molecule has 0 saturated carbocycles. The van der Waals surface area contributed by atoms with Crippen LogP contribution in [0.3, 0.4) is 0 Å². The van der Waals surface area contributed by atoms with Crippen LogP contribution in [0.5, 0.6) is 0 Å². The average Bonchev–Trinajstić information content (AvgIpc) is 1.97. The van der Waals surface area contributed by atoms with Crippen molar-refractivity contribution in [1.82, 2.24) is 0 Å². The molecule has 0 aliphatic heterocycles. The molecule has 0 aliphatic carbocycles. The van der Waals surface area contributed by atoms with E-state index in [0.29, 0.717) is 0 Å². The summed E-state index contributed by atoms with van der Waals surface area (Å²) in [4.78, 5) is 0. The normalized spacial score (nSPS) is 10.2. The van der Waals surface area contributed by atoms with E-state index in [1.807, 2.05) is 0 Å². The fraction of sp³-hybridized carbons (Fsp3) is 1.00. The minimum atomic E-state index is 1.37. The molecule has 0 aromatic carbocycles. The molecule has 0 heterocycles. The van der Waals surface area contributed by atoms with Crippen molar-refractivity contribution in [1.29, 1.82) is 0 Å². The summed E-state index contributed by atoms with van der Waals surface area (Å²) < 4.78 is 0. The predicted octanol–water partition coefficient (Wildman–Crippen LogP) is 3.16. The van der Waals surface area contributed by atoms with E-state index in [-0.39, 0.29) is 0 Å². The zero-order chi connectivity index (χ0) is 7.66. The van der Waals surface area contributed by atoms with Crippen LogP contribution >= 0.6 is 8.95 Å². The van der Waals surface area contributed by atoms with Crippen molar-refractivity contribution < 1.29 is 0 Å². The quantitative estimate of drug-likeness (QED) is 0.502. The Morgan fingerprint density at radius 1 is 1.00 bits per heavy atom. The molecule has 59 valence electrons. The number of hydrogen-bond acceptors (Lipinski definition) is 1. The Kier molecular flexibility index (Phi) is 11.3. The predicted molar refractivity (Wildman–Crippen MR) is 51.6 cm³/mol. The Bertz CT molecular complexity index is 49.2. The average molecular weight is 264 g/mol. The molecule has 10 heavy (non-hydrogen) atoms. The van der Waals surface area contributed by atoms with E-state index in [9.17, 15) is 0 Å². The van der Waals surface area contributed by atoms with Gasteiger partial charge in [-0.2, -0.15) is 0 Å². The molecule has 0 aromatic rings. The molecule has 0 atom stereocenters. The van der Waals surface area contributed by atoms with Gasteiger partial charge in [0, 0.05) is 0 Å². The third kappa shape index (κ3) is 9.15. The molecule has 0 bridgehead atoms. The molecular formula is C8H17SSn. The zero-order valence-electron chi connectivity index (χ0n) is 6.86. The molecule has 0 aliphatic rings. The van der Waals surface area contributed by atoms with Crippen LogP contribution < -0.4 is 0 Å². The fourth-order valence-corrected chi connectivity index (χ4v) is 2.54. The monoisotopic (exact) mass is 265 g/mol. The van der Waals surface area contributed by atoms with Crippen molar-refractivity contribution in [2.24, 2.45) is 0 Å². The number of rotatable bonds is 7. The SMILES string of the molecule is CCCCCCCC[S][Sn]. The van der Waals surface area contributed by atoms with Crippen LogP contribution in [0.25, 0.3) is 0 Å². The van der Waals surface area contributed by atoms with Gasteiger partial charge in [0.25, 0.3) is 0 Å². The standard InChI is InChI=1S/C8H18S.Sn/c1-2-3-4-5-6-7-8-9;/h9H,2-8H2,1H3;/q;+1/p-1. The Morgan fingerprint density at radius 3 is 2.20 bits per heavy atom. The van der Waals surface area contributed by atoms with Crippen molar-refractivity contribution in [3.63, 3.8) is 0 Å². The first kappa shape index (κ1) is 11.1. The van der Waals surface area contributed by atoms with Gasteiger partial charge in [-0.15, -0.1) is 0 Å². The third-order valence-corrected chi connectivity index (χ3v) is 3.84. The summed E-state index contributed by atoms with van der Waals surface area (Å²) in [5, 5.41) is 0. The molecule has 0 amide bonds. The summed E-state index contributed by atoms with van der Waals surface area (Å²) in [5.41, 5.74) is 0. The first-order valence-electron chi connectivity index (χ1n) is 4.20. The van der Waals surface area contributed by atoms with Crippen molar-refractivity contribution in [3.05, 3.63) is 0 Å². The Hall–Kier alpha value is 1.15. The van der Waals surface area contributed by atoms with Gasteiger partial charge in [-0.05, 0) is 0 Å². The van der Waals surface area contributed by atoms with Gasteiger partial charge in [-0.1, -0.05) is 0 Å². The van der Waals surface area contributed by atoms with Crippen LogP contribution in [0.1, 0.15) is 45.4 Å². The van der Waals surface area contributed by atoms with Crippen molar-refractivity contribution in [3.8, 4) is 0 Å². The summed E-state index contributed by atoms with van der Waals surface area (Å²) in [7, 11) is 2.06. The van der Waals surface area contributed by atoms with E-state index >= 15 is 0 Å². The van der Waals surface area contributed by atoms with Gasteiger partial charge in [0.1, 0.15) is 0 Å². The molecule has 2 heteroatoms. The van der Waals surface area contributed by atoms with Crippen LogP contribution in [-0.2, 0) is 0 Å². The second kappa shape index (κ2) is 10.1. The van der Waals surface area contributed by atoms with Crippen LogP contribution in [0.2, 0.25) is 0 Å². The van der Waals surface area contributed by atoms with E-state index in [0.717, 1.165) is 0 Å². The second-order valence-corrected chi connectivity index (χ2v) is 5.78. The van der Waals surface area contributed by atoms with E-state index in [4.69, 9.17) is 0 Å². The first-order valence-corrected chi connectivity index (χ1v) is 8.68.